The minimum Gasteiger partial charge on any atom is -0.507 e. The summed E-state index contributed by atoms with van der Waals surface area (Å²) < 4.78 is 38.9. The Morgan fingerprint density at radius 1 is 1.00 bits per heavy atom. The second-order valence-corrected chi connectivity index (χ2v) is 13.8. The van der Waals surface area contributed by atoms with Crippen molar-refractivity contribution in [1.29, 1.82) is 0 Å². The van der Waals surface area contributed by atoms with Crippen LogP contribution in [-0.4, -0.2) is 66.9 Å². The van der Waals surface area contributed by atoms with Crippen LogP contribution >= 0.6 is 0 Å². The number of alkyl halides is 3. The fourth-order valence-electron chi connectivity index (χ4n) is 8.88. The molecule has 2 saturated carbocycles. The van der Waals surface area contributed by atoms with Gasteiger partial charge in [0.15, 0.2) is 17.2 Å². The van der Waals surface area contributed by atoms with E-state index in [1.807, 2.05) is 0 Å². The van der Waals surface area contributed by atoms with E-state index < -0.39 is 99.3 Å². The molecule has 0 bridgehead atoms. The van der Waals surface area contributed by atoms with E-state index in [2.05, 4.69) is 0 Å². The Balaban J connectivity index is 1.64. The average Bonchev–Trinajstić information content (AvgIpc) is 2.96. The summed E-state index contributed by atoms with van der Waals surface area (Å²) in [6, 6.07) is 7.38. The average molecular weight is 646 g/mol. The number of primary amides is 1. The second-order valence-electron chi connectivity index (χ2n) is 13.8. The molecule has 2 aromatic rings. The standard InChI is InChI=1S/C34H38F3NO8/c1-14(2)22-26(41)21(29(38)44)27(42)33(46)28(43)23-25(40)20-19(15(3)31(23,4)30(45)32(22,33)5)13-10-17(24(20)39)9-6-16-7-11-18(12-8-16)34(35,36)37/h6-15,21-23,26,28,30,39,41,43,45-46H,1-5H3,(H2,38,44)/t15-,21-,22+,23-,26?,28?,30-,31+,32+,33+/m1/s1. The number of halogens is 3. The molecule has 2 fully saturated rings. The van der Waals surface area contributed by atoms with Crippen LogP contribution in [-0.2, 0) is 15.8 Å². The lowest BCUT2D eigenvalue weighted by molar-refractivity contribution is -0.306. The van der Waals surface area contributed by atoms with Gasteiger partial charge in [-0.05, 0) is 41.0 Å². The molecule has 0 spiro atoms. The number of carbonyl (C=O) groups is 3. The summed E-state index contributed by atoms with van der Waals surface area (Å²) in [4.78, 5) is 40.6. The molecule has 46 heavy (non-hydrogen) atoms. The van der Waals surface area contributed by atoms with E-state index in [0.717, 1.165) is 12.1 Å². The fraction of sp³-hybridized carbons (Fsp3) is 0.500. The predicted molar refractivity (Wildman–Crippen MR) is 160 cm³/mol. The number of amides is 1. The zero-order valence-electron chi connectivity index (χ0n) is 25.9. The van der Waals surface area contributed by atoms with E-state index in [-0.39, 0.29) is 11.1 Å². The third-order valence-corrected chi connectivity index (χ3v) is 11.3. The van der Waals surface area contributed by atoms with Gasteiger partial charge in [-0.2, -0.15) is 13.2 Å². The van der Waals surface area contributed by atoms with Crippen LogP contribution < -0.4 is 5.73 Å². The number of hydrogen-bond donors (Lipinski definition) is 6. The summed E-state index contributed by atoms with van der Waals surface area (Å²) in [5.74, 6) is -9.88. The minimum absolute atomic E-state index is 0.128. The summed E-state index contributed by atoms with van der Waals surface area (Å²) in [6.45, 7) is 7.93. The molecule has 12 heteroatoms. The van der Waals surface area contributed by atoms with Crippen LogP contribution in [0.15, 0.2) is 36.4 Å². The number of benzene rings is 2. The number of aliphatic hydroxyl groups is 4. The van der Waals surface area contributed by atoms with E-state index in [4.69, 9.17) is 5.73 Å². The smallest absolute Gasteiger partial charge is 0.416 e. The van der Waals surface area contributed by atoms with Crippen LogP contribution in [0, 0.1) is 34.5 Å². The molecule has 248 valence electrons. The highest BCUT2D eigenvalue weighted by atomic mass is 19.4. The molecule has 0 aromatic heterocycles. The first-order valence-electron chi connectivity index (χ1n) is 15.0. The van der Waals surface area contributed by atoms with Crippen LogP contribution in [0.3, 0.4) is 0 Å². The van der Waals surface area contributed by atoms with Gasteiger partial charge >= 0.3 is 6.18 Å². The molecule has 7 N–H and O–H groups in total. The Labute approximate surface area is 263 Å². The topological polar surface area (TPSA) is 178 Å². The molecule has 0 radical (unpaired) electrons. The normalized spacial score (nSPS) is 37.6. The van der Waals surface area contributed by atoms with Gasteiger partial charge in [-0.1, -0.05) is 71.0 Å². The van der Waals surface area contributed by atoms with Crippen molar-refractivity contribution < 1.29 is 53.1 Å². The number of carbonyl (C=O) groups excluding carboxylic acids is 3. The van der Waals surface area contributed by atoms with E-state index in [0.29, 0.717) is 11.1 Å². The molecule has 10 atom stereocenters. The lowest BCUT2D eigenvalue weighted by Gasteiger charge is -2.69. The highest BCUT2D eigenvalue weighted by Crippen LogP contribution is 2.68. The Morgan fingerprint density at radius 3 is 2.11 bits per heavy atom. The first-order valence-corrected chi connectivity index (χ1v) is 15.0. The number of ketones is 2. The van der Waals surface area contributed by atoms with Crippen LogP contribution in [0.1, 0.15) is 73.1 Å². The number of aliphatic hydroxyl groups excluding tert-OH is 3. The maximum absolute atomic E-state index is 14.3. The van der Waals surface area contributed by atoms with Crippen molar-refractivity contribution in [1.82, 2.24) is 0 Å². The van der Waals surface area contributed by atoms with Gasteiger partial charge < -0.3 is 31.3 Å². The van der Waals surface area contributed by atoms with Crippen molar-refractivity contribution in [3.8, 4) is 5.75 Å². The fourth-order valence-corrected chi connectivity index (χ4v) is 8.88. The van der Waals surface area contributed by atoms with E-state index in [1.54, 1.807) is 33.8 Å². The lowest BCUT2D eigenvalue weighted by atomic mass is 9.36. The predicted octanol–water partition coefficient (Wildman–Crippen LogP) is 3.29. The number of Topliss-reactive ketones (excluding diaryl/α,β-unsaturated/α-hetero) is 2. The quantitative estimate of drug-likeness (QED) is 0.217. The molecule has 3 aliphatic carbocycles. The number of phenolic OH excluding ortho intramolecular Hbond substituents is 1. The third-order valence-electron chi connectivity index (χ3n) is 11.3. The number of aromatic hydroxyl groups is 1. The van der Waals surface area contributed by atoms with Gasteiger partial charge in [-0.25, -0.2) is 0 Å². The van der Waals surface area contributed by atoms with E-state index in [9.17, 15) is 53.1 Å². The zero-order chi connectivity index (χ0) is 34.5. The lowest BCUT2D eigenvalue weighted by Crippen LogP contribution is -2.83. The zero-order valence-corrected chi connectivity index (χ0v) is 25.9. The number of nitrogens with two attached hydrogens (primary N) is 1. The molecular weight excluding hydrogens is 607 g/mol. The number of fused-ring (bicyclic) bond motifs is 3. The summed E-state index contributed by atoms with van der Waals surface area (Å²) in [5, 5.41) is 59.1. The van der Waals surface area contributed by atoms with E-state index in [1.165, 1.54) is 37.3 Å². The van der Waals surface area contributed by atoms with Gasteiger partial charge in [0, 0.05) is 16.4 Å². The summed E-state index contributed by atoms with van der Waals surface area (Å²) >= 11 is 0. The minimum atomic E-state index is -4.51. The molecule has 2 unspecified atom stereocenters. The van der Waals surface area contributed by atoms with Gasteiger partial charge in [-0.15, -0.1) is 0 Å². The van der Waals surface area contributed by atoms with Crippen LogP contribution in [0.5, 0.6) is 5.75 Å². The monoisotopic (exact) mass is 645 g/mol. The molecule has 1 amide bonds. The first kappa shape index (κ1) is 33.8. The number of phenols is 1. The van der Waals surface area contributed by atoms with Crippen molar-refractivity contribution in [2.24, 2.45) is 40.2 Å². The number of rotatable bonds is 4. The third kappa shape index (κ3) is 4.26. The largest absolute Gasteiger partial charge is 0.507 e. The van der Waals surface area contributed by atoms with Crippen LogP contribution in [0.2, 0.25) is 0 Å². The molecule has 0 saturated heterocycles. The maximum Gasteiger partial charge on any atom is 0.416 e. The Bertz CT molecular complexity index is 1640. The Morgan fingerprint density at radius 2 is 1.59 bits per heavy atom. The van der Waals surface area contributed by atoms with Crippen LogP contribution in [0.4, 0.5) is 13.2 Å². The Hall–Kier alpha value is -3.58. The molecule has 3 aliphatic rings. The molecule has 5 rings (SSSR count). The van der Waals surface area contributed by atoms with Crippen molar-refractivity contribution in [3.63, 3.8) is 0 Å². The SMILES string of the molecule is CC(C)[C@H]1C(O)[C@@H](C(N)=O)C(=O)[C@]2(O)C(O)[C@H]3C(=O)c4c(ccc(C=Cc5ccc(C(F)(F)F)cc5)c4O)[C@@H](C)[C@]3(C)[C@@H](O)[C@]12C. The first-order chi connectivity index (χ1) is 21.2. The van der Waals surface area contributed by atoms with Gasteiger partial charge in [0.1, 0.15) is 17.8 Å². The highest BCUT2D eigenvalue weighted by molar-refractivity contribution is 6.09. The van der Waals surface area contributed by atoms with Crippen molar-refractivity contribution >= 4 is 29.6 Å². The summed E-state index contributed by atoms with van der Waals surface area (Å²) in [6.07, 6.45) is -7.23. The summed E-state index contributed by atoms with van der Waals surface area (Å²) in [7, 11) is 0. The number of hydrogen-bond acceptors (Lipinski definition) is 8. The molecule has 2 aromatic carbocycles. The molecular formula is C34H38F3NO8. The van der Waals surface area contributed by atoms with Gasteiger partial charge in [0.05, 0.1) is 29.3 Å². The van der Waals surface area contributed by atoms with E-state index >= 15 is 0 Å². The van der Waals surface area contributed by atoms with Gasteiger partial charge in [0.25, 0.3) is 0 Å². The van der Waals surface area contributed by atoms with Crippen molar-refractivity contribution in [2.75, 3.05) is 0 Å². The van der Waals surface area contributed by atoms with Crippen molar-refractivity contribution in [3.05, 3.63) is 64.2 Å². The van der Waals surface area contributed by atoms with Crippen LogP contribution in [0.25, 0.3) is 12.2 Å². The highest BCUT2D eigenvalue weighted by Gasteiger charge is 2.80. The second kappa shape index (κ2) is 10.7. The molecule has 9 nitrogen and oxygen atoms in total. The van der Waals surface area contributed by atoms with Gasteiger partial charge in [0.2, 0.25) is 5.91 Å². The Kier molecular flexibility index (Phi) is 7.88. The van der Waals surface area contributed by atoms with Crippen molar-refractivity contribution in [2.45, 2.75) is 70.6 Å². The maximum atomic E-state index is 14.3. The summed E-state index contributed by atoms with van der Waals surface area (Å²) in [5.41, 5.74) is -1.11. The van der Waals surface area contributed by atoms with Gasteiger partial charge in [-0.3, -0.25) is 14.4 Å². The molecule has 0 heterocycles. The molecule has 0 aliphatic heterocycles.